The Kier molecular flexibility index (Phi) is 30.7. The van der Waals surface area contributed by atoms with Crippen LogP contribution in [0.2, 0.25) is 0 Å². The van der Waals surface area contributed by atoms with E-state index in [1.54, 1.807) is 4.90 Å². The van der Waals surface area contributed by atoms with Crippen LogP contribution in [0.25, 0.3) is 0 Å². The van der Waals surface area contributed by atoms with E-state index in [1.165, 1.54) is 56.7 Å². The van der Waals surface area contributed by atoms with Crippen molar-refractivity contribution >= 4 is 87.7 Å². The molecule has 0 unspecified atom stereocenters. The Bertz CT molecular complexity index is 1880. The number of piperidine rings is 2. The first-order valence-electron chi connectivity index (χ1n) is 23.2. The van der Waals surface area contributed by atoms with Crippen molar-refractivity contribution in [3.05, 3.63) is 56.5 Å². The molecule has 379 valence electrons. The number of nitrogens with one attached hydrogen (secondary N) is 1. The molecule has 4 fully saturated rings. The fourth-order valence-electron chi connectivity index (χ4n) is 7.07. The molecule has 0 spiro atoms. The molecule has 4 heterocycles. The number of piperazine rings is 2. The van der Waals surface area contributed by atoms with E-state index >= 15 is 0 Å². The average molecular weight is 1100 g/mol. The topological polar surface area (TPSA) is 177 Å². The van der Waals surface area contributed by atoms with Crippen LogP contribution in [0.15, 0.2) is 45.3 Å². The van der Waals surface area contributed by atoms with Gasteiger partial charge in [-0.3, -0.25) is 14.5 Å². The second-order valence-electron chi connectivity index (χ2n) is 18.4. The molecule has 4 saturated heterocycles. The number of anilines is 2. The van der Waals surface area contributed by atoms with Crippen LogP contribution in [0.1, 0.15) is 117 Å². The molecule has 2 aromatic rings. The Morgan fingerprint density at radius 3 is 1.42 bits per heavy atom. The van der Waals surface area contributed by atoms with E-state index in [4.69, 9.17) is 9.47 Å². The summed E-state index contributed by atoms with van der Waals surface area (Å²) in [6.45, 7) is 26.7. The number of hydrogen-bond acceptors (Lipinski definition) is 15. The van der Waals surface area contributed by atoms with Crippen LogP contribution < -0.4 is 44.7 Å². The fraction of sp³-hybridized carbons (Fsp3) is 0.625. The molecule has 0 saturated carbocycles. The van der Waals surface area contributed by atoms with Gasteiger partial charge in [-0.2, -0.15) is 0 Å². The minimum Gasteiger partial charge on any atom is -0.793 e. The predicted octanol–water partition coefficient (Wildman–Crippen LogP) is 5.24. The number of halogens is 2. The van der Waals surface area contributed by atoms with Crippen molar-refractivity contribution in [2.75, 3.05) is 88.3 Å². The Balaban J connectivity index is 0.000000482. The van der Waals surface area contributed by atoms with E-state index in [9.17, 15) is 28.8 Å². The van der Waals surface area contributed by atoms with Gasteiger partial charge in [0.15, 0.2) is 6.29 Å². The number of ether oxygens (including phenoxy) is 2. The van der Waals surface area contributed by atoms with Gasteiger partial charge in [-0.25, -0.2) is 29.0 Å². The van der Waals surface area contributed by atoms with Crippen LogP contribution in [-0.4, -0.2) is 149 Å². The normalized spacial score (nSPS) is 16.0. The largest absolute Gasteiger partial charge is 1.00 e. The van der Waals surface area contributed by atoms with Crippen LogP contribution in [0.3, 0.4) is 0 Å². The molecular weight excluding hydrogens is 1030 g/mol. The van der Waals surface area contributed by atoms with Crippen LogP contribution in [-0.2, 0) is 44.8 Å². The molecule has 69 heavy (non-hydrogen) atoms. The van der Waals surface area contributed by atoms with Crippen molar-refractivity contribution in [3.63, 3.8) is 0 Å². The standard InChI is InChI=1S/C21H32BrN3O2.C12H14BrNO.C9H18N2O2.C4H6O4.C2H3BO2.Na/c1-21(2,3)27-20(26)25-13-11-23(12-14-25)16-17-7-8-18(22)15-19(17)24-9-5-4-6-10-24;13-11-5-4-10(9-15)12(8-11)14-6-2-1-3-7-14;1-9(2,3)13-8(12)11-6-4-10-5-7-11;1-3(5)7-8-4(2)6;1-2(4)5-3;/h7-8,15H,4-6,9-14,16H2,1-3H3;4-5,8-9H,1-3,6-7H2;10H,4-7H2,1-3H3;1-2H3;1H3;/q;;;;-1;+1. The van der Waals surface area contributed by atoms with E-state index in [0.29, 0.717) is 0 Å². The van der Waals surface area contributed by atoms with Crippen LogP contribution in [0.4, 0.5) is 21.0 Å². The first-order valence-corrected chi connectivity index (χ1v) is 24.7. The molecule has 0 atom stereocenters. The summed E-state index contributed by atoms with van der Waals surface area (Å²) in [6.07, 6.45) is 8.20. The monoisotopic (exact) mass is 1100 g/mol. The summed E-state index contributed by atoms with van der Waals surface area (Å²) in [7, 11) is 4.32. The molecule has 0 aliphatic carbocycles. The fourth-order valence-corrected chi connectivity index (χ4v) is 7.77. The third-order valence-corrected chi connectivity index (χ3v) is 11.2. The second kappa shape index (κ2) is 33.3. The minimum atomic E-state index is -0.639. The summed E-state index contributed by atoms with van der Waals surface area (Å²) >= 11 is 7.09. The summed E-state index contributed by atoms with van der Waals surface area (Å²) in [5.41, 5.74) is 3.78. The van der Waals surface area contributed by atoms with Gasteiger partial charge in [-0.05, 0) is 116 Å². The first-order chi connectivity index (χ1) is 32.0. The van der Waals surface area contributed by atoms with Crippen LogP contribution >= 0.6 is 31.9 Å². The molecule has 17 nitrogen and oxygen atoms in total. The van der Waals surface area contributed by atoms with Gasteiger partial charge in [0.2, 0.25) is 5.97 Å². The van der Waals surface area contributed by atoms with Gasteiger partial charge in [0.05, 0.1) is 0 Å². The zero-order valence-electron chi connectivity index (χ0n) is 42.5. The Hall–Kier alpha value is -3.40. The number of benzene rings is 2. The molecule has 2 aromatic carbocycles. The first kappa shape index (κ1) is 63.6. The van der Waals surface area contributed by atoms with E-state index in [-0.39, 0.29) is 47.3 Å². The molecule has 0 bridgehead atoms. The number of carbonyl (C=O) groups is 6. The van der Waals surface area contributed by atoms with Crippen molar-refractivity contribution in [2.24, 2.45) is 0 Å². The summed E-state index contributed by atoms with van der Waals surface area (Å²) < 4.78 is 16.5. The zero-order chi connectivity index (χ0) is 50.9. The molecule has 4 aliphatic rings. The molecule has 1 N–H and O–H groups in total. The van der Waals surface area contributed by atoms with Crippen molar-refractivity contribution in [3.8, 4) is 0 Å². The summed E-state index contributed by atoms with van der Waals surface area (Å²) in [5.74, 6) is -1.74. The van der Waals surface area contributed by atoms with E-state index in [0.717, 1.165) is 125 Å². The number of rotatable bonds is 5. The maximum absolute atomic E-state index is 12.3. The minimum absolute atomic E-state index is 0. The molecule has 4 aliphatic heterocycles. The molecule has 2 amide bonds. The van der Waals surface area contributed by atoms with Crippen LogP contribution in [0.5, 0.6) is 0 Å². The third-order valence-electron chi connectivity index (χ3n) is 10.2. The van der Waals surface area contributed by atoms with Gasteiger partial charge in [0.1, 0.15) is 11.2 Å². The number of amides is 2. The Morgan fingerprint density at radius 2 is 1.01 bits per heavy atom. The van der Waals surface area contributed by atoms with Gasteiger partial charge < -0.3 is 47.1 Å². The van der Waals surface area contributed by atoms with Gasteiger partial charge in [0.25, 0.3) is 0 Å². The summed E-state index contributed by atoms with van der Waals surface area (Å²) in [6, 6.07) is 12.5. The maximum atomic E-state index is 12.3. The predicted molar refractivity (Wildman–Crippen MR) is 271 cm³/mol. The number of carbonyl (C=O) groups excluding carboxylic acids is 6. The molecule has 21 heteroatoms. The molecular formula is C48H73BBr2N6NaO11. The van der Waals surface area contributed by atoms with Crippen molar-refractivity contribution in [2.45, 2.75) is 119 Å². The summed E-state index contributed by atoms with van der Waals surface area (Å²) in [4.78, 5) is 82.3. The van der Waals surface area contributed by atoms with Gasteiger partial charge in [-0.15, -0.1) is 0 Å². The summed E-state index contributed by atoms with van der Waals surface area (Å²) in [5, 5.41) is 3.18. The SMILES string of the molecule is CC(=O)OOC(C)=O.CC(C)(C)OC(=O)N1CCN(Cc2ccc(Br)cc2N2CCCCC2)CC1.CC(C)(C)OC(=O)N1CCNCC1.O=Cc1ccc(Br)cc1N1CCCCC1.[B-]OC(C)=O.[Na+]. The van der Waals surface area contributed by atoms with Gasteiger partial charge in [0, 0.05) is 132 Å². The van der Waals surface area contributed by atoms with E-state index < -0.39 is 23.5 Å². The van der Waals surface area contributed by atoms with Crippen LogP contribution in [0, 0.1) is 0 Å². The number of aldehydes is 1. The van der Waals surface area contributed by atoms with Crippen molar-refractivity contribution in [1.82, 2.24) is 20.0 Å². The smallest absolute Gasteiger partial charge is 0.793 e. The van der Waals surface area contributed by atoms with E-state index in [1.807, 2.05) is 64.6 Å². The number of hydrogen-bond donors (Lipinski definition) is 1. The molecule has 0 aromatic heterocycles. The average Bonchev–Trinajstić information content (AvgIpc) is 3.29. The molecule has 3 radical (unpaired) electrons. The zero-order valence-corrected chi connectivity index (χ0v) is 47.7. The quantitative estimate of drug-likeness (QED) is 0.178. The second-order valence-corrected chi connectivity index (χ2v) is 20.2. The molecule has 6 rings (SSSR count). The third kappa shape index (κ3) is 27.7. The Morgan fingerprint density at radius 1 is 0.609 bits per heavy atom. The maximum Gasteiger partial charge on any atom is 1.00 e. The van der Waals surface area contributed by atoms with Crippen molar-refractivity contribution < 1.29 is 82.2 Å². The number of nitrogens with zero attached hydrogens (tertiary/aromatic N) is 5. The van der Waals surface area contributed by atoms with Crippen molar-refractivity contribution in [1.29, 1.82) is 0 Å². The van der Waals surface area contributed by atoms with Gasteiger partial charge >= 0.3 is 53.7 Å². The Labute approximate surface area is 450 Å². The van der Waals surface area contributed by atoms with E-state index in [2.05, 4.69) is 92.6 Å². The van der Waals surface area contributed by atoms with Gasteiger partial charge in [-0.1, -0.05) is 37.9 Å².